The Hall–Kier alpha value is -1.90. The molecule has 2 aliphatic rings. The maximum Gasteiger partial charge on any atom is 0.272 e. The lowest BCUT2D eigenvalue weighted by molar-refractivity contribution is 0.0955. The van der Waals surface area contributed by atoms with Crippen molar-refractivity contribution < 1.29 is 4.79 Å². The molecule has 92 valence electrons. The van der Waals surface area contributed by atoms with Crippen LogP contribution in [0.15, 0.2) is 28.9 Å². The number of nitrogens with one attached hydrogen (secondary N) is 1. The molecule has 3 nitrogen and oxygen atoms in total. The molecule has 1 amide bonds. The van der Waals surface area contributed by atoms with Crippen molar-refractivity contribution in [3.63, 3.8) is 0 Å². The Morgan fingerprint density at radius 3 is 2.89 bits per heavy atom. The number of hydrogen-bond donors (Lipinski definition) is 1. The zero-order valence-electron chi connectivity index (χ0n) is 10.7. The van der Waals surface area contributed by atoms with E-state index in [2.05, 4.69) is 30.4 Å². The zero-order valence-corrected chi connectivity index (χ0v) is 10.7. The Balaban J connectivity index is 2.35. The average molecular weight is 240 g/mol. The Morgan fingerprint density at radius 2 is 2.06 bits per heavy atom. The second kappa shape index (κ2) is 4.09. The van der Waals surface area contributed by atoms with E-state index in [1.54, 1.807) is 0 Å². The minimum absolute atomic E-state index is 0.101. The van der Waals surface area contributed by atoms with Crippen molar-refractivity contribution in [2.24, 2.45) is 5.10 Å². The Bertz CT molecular complexity index is 597. The van der Waals surface area contributed by atoms with Crippen LogP contribution in [0.4, 0.5) is 0 Å². The molecule has 3 heteroatoms. The zero-order chi connectivity index (χ0) is 12.7. The van der Waals surface area contributed by atoms with E-state index < -0.39 is 0 Å². The summed E-state index contributed by atoms with van der Waals surface area (Å²) in [5.74, 6) is -0.101. The Labute approximate surface area is 107 Å². The topological polar surface area (TPSA) is 41.5 Å². The first-order chi connectivity index (χ1) is 8.68. The first-order valence-electron chi connectivity index (χ1n) is 6.35. The fraction of sp³-hybridized carbons (Fsp3) is 0.333. The van der Waals surface area contributed by atoms with Crippen LogP contribution in [0, 0.1) is 6.92 Å². The highest BCUT2D eigenvalue weighted by Gasteiger charge is 2.26. The smallest absolute Gasteiger partial charge is 0.267 e. The number of rotatable bonds is 0. The number of carbonyl (C=O) groups is 1. The summed E-state index contributed by atoms with van der Waals surface area (Å²) < 4.78 is 0. The molecule has 0 atom stereocenters. The molecule has 0 unspecified atom stereocenters. The minimum Gasteiger partial charge on any atom is -0.267 e. The van der Waals surface area contributed by atoms with Gasteiger partial charge in [-0.25, -0.2) is 5.43 Å². The second-order valence-corrected chi connectivity index (χ2v) is 5.01. The highest BCUT2D eigenvalue weighted by Crippen LogP contribution is 2.35. The van der Waals surface area contributed by atoms with Crippen molar-refractivity contribution in [2.75, 3.05) is 0 Å². The van der Waals surface area contributed by atoms with E-state index in [9.17, 15) is 4.79 Å². The molecule has 1 heterocycles. The van der Waals surface area contributed by atoms with Crippen LogP contribution in [0.1, 0.15) is 47.7 Å². The number of hydrazone groups is 1. The van der Waals surface area contributed by atoms with Gasteiger partial charge in [-0.1, -0.05) is 17.7 Å². The molecule has 1 N–H and O–H groups in total. The predicted octanol–water partition coefficient (Wildman–Crippen LogP) is 3.05. The van der Waals surface area contributed by atoms with Crippen molar-refractivity contribution in [2.45, 2.75) is 33.1 Å². The molecule has 0 aromatic heterocycles. The van der Waals surface area contributed by atoms with Gasteiger partial charge in [-0.05, 0) is 50.3 Å². The van der Waals surface area contributed by atoms with E-state index in [0.29, 0.717) is 0 Å². The third kappa shape index (κ3) is 1.58. The molecule has 1 aliphatic carbocycles. The van der Waals surface area contributed by atoms with Gasteiger partial charge in [0.2, 0.25) is 0 Å². The Morgan fingerprint density at radius 1 is 1.22 bits per heavy atom. The van der Waals surface area contributed by atoms with Gasteiger partial charge in [-0.2, -0.15) is 5.10 Å². The molecule has 18 heavy (non-hydrogen) atoms. The predicted molar refractivity (Wildman–Crippen MR) is 72.5 cm³/mol. The monoisotopic (exact) mass is 240 g/mol. The Kier molecular flexibility index (Phi) is 2.54. The molecular weight excluding hydrogens is 224 g/mol. The van der Waals surface area contributed by atoms with E-state index in [0.717, 1.165) is 41.7 Å². The number of hydrogen-bond acceptors (Lipinski definition) is 2. The molecule has 0 radical (unpaired) electrons. The summed E-state index contributed by atoms with van der Waals surface area (Å²) in [4.78, 5) is 12.1. The molecule has 1 aliphatic heterocycles. The second-order valence-electron chi connectivity index (χ2n) is 5.01. The number of amides is 1. The van der Waals surface area contributed by atoms with Gasteiger partial charge in [-0.15, -0.1) is 0 Å². The highest BCUT2D eigenvalue weighted by molar-refractivity contribution is 6.28. The number of benzene rings is 1. The van der Waals surface area contributed by atoms with Crippen LogP contribution in [-0.2, 0) is 0 Å². The lowest BCUT2D eigenvalue weighted by Gasteiger charge is -2.21. The molecule has 1 aromatic carbocycles. The number of aryl methyl sites for hydroxylation is 1. The molecule has 3 rings (SSSR count). The first kappa shape index (κ1) is 11.2. The summed E-state index contributed by atoms with van der Waals surface area (Å²) in [6.45, 7) is 4.21. The van der Waals surface area contributed by atoms with Crippen molar-refractivity contribution >= 4 is 17.2 Å². The van der Waals surface area contributed by atoms with Crippen molar-refractivity contribution in [1.82, 2.24) is 5.43 Å². The number of allylic oxidation sites excluding steroid dienone is 2. The van der Waals surface area contributed by atoms with E-state index in [1.165, 1.54) is 11.1 Å². The minimum atomic E-state index is -0.101. The van der Waals surface area contributed by atoms with Gasteiger partial charge in [0.1, 0.15) is 0 Å². The molecule has 0 bridgehead atoms. The summed E-state index contributed by atoms with van der Waals surface area (Å²) >= 11 is 0. The summed E-state index contributed by atoms with van der Waals surface area (Å²) in [6.07, 6.45) is 3.16. The van der Waals surface area contributed by atoms with Gasteiger partial charge < -0.3 is 0 Å². The summed E-state index contributed by atoms with van der Waals surface area (Å²) in [6, 6.07) is 5.87. The van der Waals surface area contributed by atoms with Gasteiger partial charge in [0.05, 0.1) is 5.71 Å². The molecular formula is C15H16N2O. The van der Waals surface area contributed by atoms with Crippen LogP contribution in [0.25, 0.3) is 5.57 Å². The molecule has 0 fully saturated rings. The van der Waals surface area contributed by atoms with Gasteiger partial charge in [-0.3, -0.25) is 4.79 Å². The lowest BCUT2D eigenvalue weighted by Crippen LogP contribution is -2.17. The summed E-state index contributed by atoms with van der Waals surface area (Å²) in [5.41, 5.74) is 9.18. The number of carbonyl (C=O) groups excluding carboxylic acids is 1. The lowest BCUT2D eigenvalue weighted by atomic mass is 9.83. The van der Waals surface area contributed by atoms with Gasteiger partial charge in [0, 0.05) is 11.1 Å². The van der Waals surface area contributed by atoms with Crippen molar-refractivity contribution in [1.29, 1.82) is 0 Å². The van der Waals surface area contributed by atoms with Crippen LogP contribution in [-0.4, -0.2) is 11.6 Å². The van der Waals surface area contributed by atoms with Gasteiger partial charge >= 0.3 is 0 Å². The third-order valence-corrected chi connectivity index (χ3v) is 3.74. The molecule has 0 saturated carbocycles. The van der Waals surface area contributed by atoms with Crippen LogP contribution in [0.3, 0.4) is 0 Å². The van der Waals surface area contributed by atoms with Crippen molar-refractivity contribution in [3.05, 3.63) is 40.5 Å². The quantitative estimate of drug-likeness (QED) is 0.744. The number of nitrogens with zero attached hydrogens (tertiary/aromatic N) is 1. The van der Waals surface area contributed by atoms with E-state index >= 15 is 0 Å². The summed E-state index contributed by atoms with van der Waals surface area (Å²) in [5, 5.41) is 4.29. The molecule has 1 aromatic rings. The van der Waals surface area contributed by atoms with Crippen LogP contribution in [0.2, 0.25) is 0 Å². The first-order valence-corrected chi connectivity index (χ1v) is 6.35. The van der Waals surface area contributed by atoms with Crippen LogP contribution >= 0.6 is 0 Å². The van der Waals surface area contributed by atoms with E-state index in [1.807, 2.05) is 12.1 Å². The van der Waals surface area contributed by atoms with Crippen LogP contribution in [0.5, 0.6) is 0 Å². The highest BCUT2D eigenvalue weighted by atomic mass is 16.2. The third-order valence-electron chi connectivity index (χ3n) is 3.74. The standard InChI is InChI=1S/C15H16N2O/c1-9-5-3-7-11-13(9)14-10(2)6-4-8-12(14)16-17-15(11)18/h3,5,7H,4,6,8H2,1-2H3,(H,17,18). The van der Waals surface area contributed by atoms with Gasteiger partial charge in [0.25, 0.3) is 5.91 Å². The van der Waals surface area contributed by atoms with E-state index in [4.69, 9.17) is 0 Å². The summed E-state index contributed by atoms with van der Waals surface area (Å²) in [7, 11) is 0. The largest absolute Gasteiger partial charge is 0.272 e. The average Bonchev–Trinajstić information content (AvgIpc) is 2.50. The number of fused-ring (bicyclic) bond motifs is 3. The molecule has 0 saturated heterocycles. The normalized spacial score (nSPS) is 18.6. The SMILES string of the molecule is CC1=C2C(=NNC(=O)c3cccc(C)c32)CCC1. The fourth-order valence-corrected chi connectivity index (χ4v) is 2.85. The van der Waals surface area contributed by atoms with Crippen molar-refractivity contribution in [3.8, 4) is 0 Å². The fourth-order valence-electron chi connectivity index (χ4n) is 2.85. The maximum absolute atomic E-state index is 12.1. The van der Waals surface area contributed by atoms with Crippen LogP contribution < -0.4 is 5.43 Å². The van der Waals surface area contributed by atoms with E-state index in [-0.39, 0.29) is 5.91 Å². The maximum atomic E-state index is 12.1. The molecule has 0 spiro atoms. The van der Waals surface area contributed by atoms with Gasteiger partial charge in [0.15, 0.2) is 0 Å².